The van der Waals surface area contributed by atoms with E-state index in [1.807, 2.05) is 0 Å². The van der Waals surface area contributed by atoms with Gasteiger partial charge in [0.25, 0.3) is 0 Å². The number of nitrogens with one attached hydrogen (secondary N) is 2. The van der Waals surface area contributed by atoms with Crippen LogP contribution in [0.25, 0.3) is 0 Å². The number of guanidine groups is 1. The molecule has 2 rings (SSSR count). The average molecular weight is 373 g/mol. The Morgan fingerprint density at radius 3 is 2.48 bits per heavy atom. The average Bonchev–Trinajstić information content (AvgIpc) is 2.52. The maximum Gasteiger partial charge on any atom is 0.416 e. The van der Waals surface area contributed by atoms with E-state index in [0.717, 1.165) is 12.1 Å². The lowest BCUT2D eigenvalue weighted by atomic mass is 10.1. The van der Waals surface area contributed by atoms with Crippen LogP contribution in [0.1, 0.15) is 16.7 Å². The first-order valence-electron chi connectivity index (χ1n) is 6.87. The highest BCUT2D eigenvalue weighted by atomic mass is 35.5. The Labute approximate surface area is 148 Å². The summed E-state index contributed by atoms with van der Waals surface area (Å²) in [6, 6.07) is 11.8. The number of ether oxygens (including phenoxy) is 1. The van der Waals surface area contributed by atoms with E-state index in [1.54, 1.807) is 24.3 Å². The van der Waals surface area contributed by atoms with Crippen molar-refractivity contribution in [1.29, 1.82) is 5.41 Å². The van der Waals surface area contributed by atoms with Crippen LogP contribution in [0.4, 0.5) is 13.2 Å². The van der Waals surface area contributed by atoms with E-state index in [9.17, 15) is 13.2 Å². The van der Waals surface area contributed by atoms with Crippen LogP contribution < -0.4 is 15.9 Å². The molecule has 0 spiro atoms. The van der Waals surface area contributed by atoms with Gasteiger partial charge in [0.05, 0.1) is 11.8 Å². The second-order valence-electron chi connectivity index (χ2n) is 4.84. The molecule has 4 N–H and O–H groups in total. The van der Waals surface area contributed by atoms with Crippen molar-refractivity contribution in [2.45, 2.75) is 12.8 Å². The number of nitrogens with two attached hydrogens (primary N) is 1. The quantitative estimate of drug-likeness (QED) is 0.426. The van der Waals surface area contributed by atoms with Crippen LogP contribution in [0.5, 0.6) is 5.75 Å². The minimum Gasteiger partial charge on any atom is -0.489 e. The van der Waals surface area contributed by atoms with Gasteiger partial charge in [0.15, 0.2) is 0 Å². The molecule has 0 saturated carbocycles. The molecule has 9 heteroatoms. The maximum atomic E-state index is 12.5. The normalized spacial score (nSPS) is 11.0. The molecule has 2 aromatic carbocycles. The maximum absolute atomic E-state index is 12.5. The van der Waals surface area contributed by atoms with Crippen LogP contribution in [0, 0.1) is 5.41 Å². The predicted octanol–water partition coefficient (Wildman–Crippen LogP) is 3.52. The number of halogens is 4. The number of nitrogens with zero attached hydrogens (tertiary/aromatic N) is 1. The van der Waals surface area contributed by atoms with Crippen molar-refractivity contribution < 1.29 is 17.9 Å². The van der Waals surface area contributed by atoms with Crippen molar-refractivity contribution in [3.8, 4) is 5.75 Å². The Morgan fingerprint density at radius 1 is 1.20 bits per heavy atom. The first-order chi connectivity index (χ1) is 11.3. The van der Waals surface area contributed by atoms with Gasteiger partial charge in [-0.3, -0.25) is 5.41 Å². The third-order valence-electron chi connectivity index (χ3n) is 2.94. The van der Waals surface area contributed by atoms with Gasteiger partial charge in [0.1, 0.15) is 12.4 Å². The topological polar surface area (TPSA) is 83.5 Å². The first kappa shape index (κ1) is 20.3. The number of benzene rings is 2. The van der Waals surface area contributed by atoms with Gasteiger partial charge < -0.3 is 10.5 Å². The van der Waals surface area contributed by atoms with E-state index in [2.05, 4.69) is 10.5 Å². The molecule has 0 heterocycles. The summed E-state index contributed by atoms with van der Waals surface area (Å²) in [5, 5.41) is 10.7. The zero-order valence-corrected chi connectivity index (χ0v) is 13.7. The third kappa shape index (κ3) is 6.72. The van der Waals surface area contributed by atoms with Crippen molar-refractivity contribution in [3.63, 3.8) is 0 Å². The number of alkyl halides is 3. The molecule has 2 aromatic rings. The number of hydrogen-bond donors (Lipinski definition) is 3. The van der Waals surface area contributed by atoms with E-state index < -0.39 is 11.7 Å². The van der Waals surface area contributed by atoms with Crippen LogP contribution in [0.3, 0.4) is 0 Å². The highest BCUT2D eigenvalue weighted by Crippen LogP contribution is 2.29. The van der Waals surface area contributed by atoms with Gasteiger partial charge >= 0.3 is 6.18 Å². The number of rotatable bonds is 5. The molecule has 25 heavy (non-hydrogen) atoms. The standard InChI is InChI=1S/C16H15F3N4O.ClH/c17-16(18,19)13-6-4-11(5-7-13)10-24-14-3-1-2-12(8-14)9-22-23-15(20)21;/h1-9H,10H2,(H4,20,21,23);1H. The Morgan fingerprint density at radius 2 is 1.88 bits per heavy atom. The summed E-state index contributed by atoms with van der Waals surface area (Å²) >= 11 is 0. The fraction of sp³-hybridized carbons (Fsp3) is 0.125. The zero-order chi connectivity index (χ0) is 17.6. The van der Waals surface area contributed by atoms with Crippen LogP contribution in [0.15, 0.2) is 53.6 Å². The highest BCUT2D eigenvalue weighted by Gasteiger charge is 2.29. The van der Waals surface area contributed by atoms with Crippen molar-refractivity contribution in [2.75, 3.05) is 0 Å². The lowest BCUT2D eigenvalue weighted by molar-refractivity contribution is -0.137. The molecule has 0 radical (unpaired) electrons. The fourth-order valence-electron chi connectivity index (χ4n) is 1.82. The van der Waals surface area contributed by atoms with Gasteiger partial charge in [-0.15, -0.1) is 12.4 Å². The second-order valence-corrected chi connectivity index (χ2v) is 4.84. The lowest BCUT2D eigenvalue weighted by Crippen LogP contribution is -2.25. The van der Waals surface area contributed by atoms with Crippen LogP contribution >= 0.6 is 12.4 Å². The molecule has 5 nitrogen and oxygen atoms in total. The molecule has 0 aliphatic heterocycles. The summed E-state index contributed by atoms with van der Waals surface area (Å²) in [5.74, 6) is 0.266. The molecule has 134 valence electrons. The molecule has 0 fully saturated rings. The SMILES string of the molecule is Cl.N=C(N)NN=Cc1cccc(OCc2ccc(C(F)(F)F)cc2)c1. The molecule has 0 unspecified atom stereocenters. The summed E-state index contributed by atoms with van der Waals surface area (Å²) in [7, 11) is 0. The van der Waals surface area contributed by atoms with Crippen molar-refractivity contribution >= 4 is 24.6 Å². The zero-order valence-electron chi connectivity index (χ0n) is 12.9. The van der Waals surface area contributed by atoms with E-state index in [1.165, 1.54) is 18.3 Å². The molecule has 0 bridgehead atoms. The van der Waals surface area contributed by atoms with Gasteiger partial charge in [-0.25, -0.2) is 5.43 Å². The van der Waals surface area contributed by atoms with Crippen LogP contribution in [0.2, 0.25) is 0 Å². The van der Waals surface area contributed by atoms with Gasteiger partial charge in [-0.1, -0.05) is 24.3 Å². The van der Waals surface area contributed by atoms with E-state index in [-0.39, 0.29) is 25.0 Å². The minimum absolute atomic E-state index is 0. The first-order valence-corrected chi connectivity index (χ1v) is 6.87. The highest BCUT2D eigenvalue weighted by molar-refractivity contribution is 5.85. The molecule has 0 aliphatic rings. The number of hydrazone groups is 1. The second kappa shape index (κ2) is 8.93. The van der Waals surface area contributed by atoms with Crippen molar-refractivity contribution in [1.82, 2.24) is 5.43 Å². The molecular formula is C16H16ClF3N4O. The van der Waals surface area contributed by atoms with Crippen LogP contribution in [-0.4, -0.2) is 12.2 Å². The molecule has 0 amide bonds. The van der Waals surface area contributed by atoms with Gasteiger partial charge in [0, 0.05) is 0 Å². The summed E-state index contributed by atoms with van der Waals surface area (Å²) < 4.78 is 43.0. The van der Waals surface area contributed by atoms with Gasteiger partial charge in [-0.2, -0.15) is 18.3 Å². The Hall–Kier alpha value is -2.74. The number of hydrogen-bond acceptors (Lipinski definition) is 3. The smallest absolute Gasteiger partial charge is 0.416 e. The summed E-state index contributed by atoms with van der Waals surface area (Å²) in [5.41, 5.74) is 8.04. The largest absolute Gasteiger partial charge is 0.489 e. The summed E-state index contributed by atoms with van der Waals surface area (Å²) in [4.78, 5) is 0. The van der Waals surface area contributed by atoms with E-state index in [4.69, 9.17) is 15.9 Å². The molecule has 0 aromatic heterocycles. The monoisotopic (exact) mass is 372 g/mol. The van der Waals surface area contributed by atoms with Gasteiger partial charge in [0.2, 0.25) is 5.96 Å². The minimum atomic E-state index is -4.35. The molecular weight excluding hydrogens is 357 g/mol. The van der Waals surface area contributed by atoms with E-state index in [0.29, 0.717) is 16.9 Å². The Kier molecular flexibility index (Phi) is 7.25. The Balaban J connectivity index is 0.00000312. The molecule has 0 atom stereocenters. The van der Waals surface area contributed by atoms with Crippen molar-refractivity contribution in [3.05, 3.63) is 65.2 Å². The molecule has 0 aliphatic carbocycles. The van der Waals surface area contributed by atoms with Crippen LogP contribution in [-0.2, 0) is 12.8 Å². The lowest BCUT2D eigenvalue weighted by Gasteiger charge is -2.09. The van der Waals surface area contributed by atoms with Gasteiger partial charge in [-0.05, 0) is 35.4 Å². The molecule has 0 saturated heterocycles. The third-order valence-corrected chi connectivity index (χ3v) is 2.94. The van der Waals surface area contributed by atoms with E-state index >= 15 is 0 Å². The fourth-order valence-corrected chi connectivity index (χ4v) is 1.82. The summed E-state index contributed by atoms with van der Waals surface area (Å²) in [6.07, 6.45) is -2.88. The summed E-state index contributed by atoms with van der Waals surface area (Å²) in [6.45, 7) is 0.143. The Bertz CT molecular complexity index is 733. The predicted molar refractivity (Wildman–Crippen MR) is 92.1 cm³/mol. The van der Waals surface area contributed by atoms with Crippen molar-refractivity contribution in [2.24, 2.45) is 10.8 Å².